The van der Waals surface area contributed by atoms with Gasteiger partial charge in [-0.25, -0.2) is 9.67 Å². The summed E-state index contributed by atoms with van der Waals surface area (Å²) >= 11 is 12.3. The fourth-order valence-electron chi connectivity index (χ4n) is 2.15. The molecule has 1 heterocycles. The maximum Gasteiger partial charge on any atom is 0.142 e. The van der Waals surface area contributed by atoms with Gasteiger partial charge in [0.2, 0.25) is 0 Å². The lowest BCUT2D eigenvalue weighted by Crippen LogP contribution is -2.13. The van der Waals surface area contributed by atoms with Gasteiger partial charge in [0.15, 0.2) is 0 Å². The monoisotopic (exact) mass is 375 g/mol. The van der Waals surface area contributed by atoms with Crippen LogP contribution in [0.1, 0.15) is 11.1 Å². The highest BCUT2D eigenvalue weighted by atomic mass is 35.5. The molecule has 128 valence electrons. The van der Waals surface area contributed by atoms with Crippen LogP contribution in [-0.4, -0.2) is 20.5 Å². The molecule has 8 heteroatoms. The van der Waals surface area contributed by atoms with E-state index in [2.05, 4.69) is 15.2 Å². The molecule has 2 N–H and O–H groups in total. The van der Waals surface area contributed by atoms with Crippen LogP contribution in [0.3, 0.4) is 0 Å². The summed E-state index contributed by atoms with van der Waals surface area (Å²) in [6.45, 7) is 0.676. The van der Waals surface area contributed by atoms with E-state index >= 15 is 0 Å². The van der Waals surface area contributed by atoms with Crippen molar-refractivity contribution >= 4 is 34.6 Å². The molecule has 25 heavy (non-hydrogen) atoms. The van der Waals surface area contributed by atoms with Gasteiger partial charge in [-0.05, 0) is 35.9 Å². The van der Waals surface area contributed by atoms with Gasteiger partial charge in [-0.15, -0.1) is 0 Å². The van der Waals surface area contributed by atoms with Crippen LogP contribution in [0.25, 0.3) is 0 Å². The zero-order valence-electron chi connectivity index (χ0n) is 13.1. The fourth-order valence-corrected chi connectivity index (χ4v) is 2.67. The highest BCUT2D eigenvalue weighted by molar-refractivity contribution is 6.37. The number of nitrogen functional groups attached to an aromatic ring is 1. The average Bonchev–Trinajstić information content (AvgIpc) is 3.09. The quantitative estimate of drug-likeness (QED) is 0.403. The van der Waals surface area contributed by atoms with E-state index in [-0.39, 0.29) is 0 Å². The minimum absolute atomic E-state index is 0.312. The first-order chi connectivity index (χ1) is 12.1. The lowest BCUT2D eigenvalue weighted by molar-refractivity contribution is 0.130. The van der Waals surface area contributed by atoms with Crippen LogP contribution in [0.4, 0.5) is 5.69 Å². The summed E-state index contributed by atoms with van der Waals surface area (Å²) < 4.78 is 1.64. The number of hydrogen-bond donors (Lipinski definition) is 1. The van der Waals surface area contributed by atoms with Gasteiger partial charge in [-0.2, -0.15) is 5.10 Å². The van der Waals surface area contributed by atoms with E-state index in [9.17, 15) is 0 Å². The first-order valence-corrected chi connectivity index (χ1v) is 8.18. The minimum atomic E-state index is 0.312. The molecular weight excluding hydrogens is 361 g/mol. The first-order valence-electron chi connectivity index (χ1n) is 7.43. The van der Waals surface area contributed by atoms with Crippen molar-refractivity contribution in [1.29, 1.82) is 0 Å². The van der Waals surface area contributed by atoms with Crippen LogP contribution >= 0.6 is 23.2 Å². The Hall–Kier alpha value is -2.57. The number of hydrogen-bond acceptors (Lipinski definition) is 5. The predicted molar refractivity (Wildman–Crippen MR) is 98.7 cm³/mol. The summed E-state index contributed by atoms with van der Waals surface area (Å²) in [5.41, 5.74) is 8.67. The Balaban J connectivity index is 1.81. The molecule has 3 aromatic rings. The van der Waals surface area contributed by atoms with Gasteiger partial charge in [0.05, 0.1) is 11.6 Å². The second kappa shape index (κ2) is 8.00. The number of benzene rings is 2. The molecule has 0 aliphatic rings. The normalized spacial score (nSPS) is 11.5. The van der Waals surface area contributed by atoms with Crippen LogP contribution in [0.2, 0.25) is 10.0 Å². The Morgan fingerprint density at radius 1 is 1.16 bits per heavy atom. The van der Waals surface area contributed by atoms with Gasteiger partial charge < -0.3 is 10.6 Å². The molecule has 0 aliphatic carbocycles. The summed E-state index contributed by atoms with van der Waals surface area (Å²) in [4.78, 5) is 9.44. The highest BCUT2D eigenvalue weighted by Crippen LogP contribution is 2.22. The Labute approximate surface area is 154 Å². The molecule has 0 fully saturated rings. The number of aromatic nitrogens is 3. The van der Waals surface area contributed by atoms with Crippen LogP contribution in [0, 0.1) is 0 Å². The van der Waals surface area contributed by atoms with Crippen molar-refractivity contribution < 1.29 is 4.84 Å². The average molecular weight is 376 g/mol. The van der Waals surface area contributed by atoms with Crippen molar-refractivity contribution in [2.75, 3.05) is 5.73 Å². The van der Waals surface area contributed by atoms with Gasteiger partial charge in [-0.1, -0.05) is 40.5 Å². The smallest absolute Gasteiger partial charge is 0.142 e. The summed E-state index contributed by atoms with van der Waals surface area (Å²) in [6.07, 6.45) is 3.05. The Morgan fingerprint density at radius 3 is 2.64 bits per heavy atom. The number of anilines is 1. The first kappa shape index (κ1) is 17.3. The van der Waals surface area contributed by atoms with Gasteiger partial charge in [0, 0.05) is 16.3 Å². The zero-order valence-corrected chi connectivity index (χ0v) is 14.7. The highest BCUT2D eigenvalue weighted by Gasteiger charge is 2.11. The van der Waals surface area contributed by atoms with Crippen molar-refractivity contribution in [2.24, 2.45) is 5.16 Å². The molecule has 0 amide bonds. The molecule has 0 spiro atoms. The Kier molecular flexibility index (Phi) is 5.53. The van der Waals surface area contributed by atoms with E-state index in [1.54, 1.807) is 29.2 Å². The van der Waals surface area contributed by atoms with Crippen LogP contribution in [-0.2, 0) is 18.0 Å². The lowest BCUT2D eigenvalue weighted by atomic mass is 10.1. The molecule has 0 radical (unpaired) electrons. The lowest BCUT2D eigenvalue weighted by Gasteiger charge is -2.09. The molecular formula is C17H15Cl2N5O. The molecule has 0 atom stereocenters. The molecule has 2 aromatic carbocycles. The van der Waals surface area contributed by atoms with Crippen LogP contribution in [0.15, 0.2) is 60.3 Å². The Bertz CT molecular complexity index is 863. The van der Waals surface area contributed by atoms with Gasteiger partial charge in [0.1, 0.15) is 25.0 Å². The van der Waals surface area contributed by atoms with Crippen molar-refractivity contribution in [3.8, 4) is 0 Å². The van der Waals surface area contributed by atoms with E-state index in [0.29, 0.717) is 34.6 Å². The molecule has 0 bridgehead atoms. The fraction of sp³-hybridized carbons (Fsp3) is 0.118. The number of rotatable bonds is 6. The van der Waals surface area contributed by atoms with Gasteiger partial charge >= 0.3 is 0 Å². The maximum absolute atomic E-state index is 6.30. The summed E-state index contributed by atoms with van der Waals surface area (Å²) in [5, 5.41) is 9.38. The summed E-state index contributed by atoms with van der Waals surface area (Å²) in [5.74, 6) is 0. The third-order valence-corrected chi connectivity index (χ3v) is 3.95. The standard InChI is InChI=1S/C17H15Cl2N5O/c18-13-3-6-15(16(19)7-13)17(8-24-11-21-10-22-24)23-25-9-12-1-4-14(20)5-2-12/h1-7,10-11H,8-9,20H2. The second-order valence-corrected chi connectivity index (χ2v) is 6.11. The molecule has 0 unspecified atom stereocenters. The van der Waals surface area contributed by atoms with Crippen LogP contribution < -0.4 is 5.73 Å². The maximum atomic E-state index is 6.30. The van der Waals surface area contributed by atoms with Crippen molar-refractivity contribution in [2.45, 2.75) is 13.2 Å². The number of nitrogens with two attached hydrogens (primary N) is 1. The molecule has 1 aromatic heterocycles. The van der Waals surface area contributed by atoms with Crippen molar-refractivity contribution in [1.82, 2.24) is 14.8 Å². The SMILES string of the molecule is Nc1ccc(CON=C(Cn2cncn2)c2ccc(Cl)cc2Cl)cc1. The van der Waals surface area contributed by atoms with Gasteiger partial charge in [-0.3, -0.25) is 0 Å². The van der Waals surface area contributed by atoms with Crippen molar-refractivity contribution in [3.05, 3.63) is 76.3 Å². The van der Waals surface area contributed by atoms with E-state index in [1.807, 2.05) is 24.3 Å². The molecule has 0 saturated heterocycles. The number of halogens is 2. The third kappa shape index (κ3) is 4.71. The largest absolute Gasteiger partial charge is 0.399 e. The molecule has 3 rings (SSSR count). The summed E-state index contributed by atoms with van der Waals surface area (Å²) in [7, 11) is 0. The van der Waals surface area contributed by atoms with E-state index in [4.69, 9.17) is 33.8 Å². The molecule has 6 nitrogen and oxygen atoms in total. The predicted octanol–water partition coefficient (Wildman–Crippen LogP) is 3.79. The minimum Gasteiger partial charge on any atom is -0.399 e. The molecule has 0 aliphatic heterocycles. The second-order valence-electron chi connectivity index (χ2n) is 5.27. The van der Waals surface area contributed by atoms with E-state index in [1.165, 1.54) is 6.33 Å². The zero-order chi connectivity index (χ0) is 17.6. The number of nitrogens with zero attached hydrogens (tertiary/aromatic N) is 4. The number of oxime groups is 1. The topological polar surface area (TPSA) is 78.3 Å². The van der Waals surface area contributed by atoms with E-state index < -0.39 is 0 Å². The Morgan fingerprint density at radius 2 is 1.96 bits per heavy atom. The van der Waals surface area contributed by atoms with Crippen molar-refractivity contribution in [3.63, 3.8) is 0 Å². The summed E-state index contributed by atoms with van der Waals surface area (Å²) in [6, 6.07) is 12.6. The molecule has 0 saturated carbocycles. The van der Waals surface area contributed by atoms with Crippen LogP contribution in [0.5, 0.6) is 0 Å². The third-order valence-electron chi connectivity index (χ3n) is 3.41. The van der Waals surface area contributed by atoms with Gasteiger partial charge in [0.25, 0.3) is 0 Å². The van der Waals surface area contributed by atoms with E-state index in [0.717, 1.165) is 11.1 Å².